The van der Waals surface area contributed by atoms with Crippen LogP contribution >= 0.6 is 15.9 Å². The van der Waals surface area contributed by atoms with Gasteiger partial charge < -0.3 is 10.2 Å². The highest BCUT2D eigenvalue weighted by Gasteiger charge is 2.21. The van der Waals surface area contributed by atoms with Crippen LogP contribution in [-0.4, -0.2) is 40.9 Å². The molecule has 0 spiro atoms. The zero-order valence-corrected chi connectivity index (χ0v) is 13.8. The molecule has 19 heavy (non-hydrogen) atoms. The van der Waals surface area contributed by atoms with Gasteiger partial charge in [-0.2, -0.15) is 5.10 Å². The van der Waals surface area contributed by atoms with Gasteiger partial charge in [0.05, 0.1) is 15.9 Å². The molecule has 1 fully saturated rings. The Labute approximate surface area is 124 Å². The van der Waals surface area contributed by atoms with E-state index in [4.69, 9.17) is 0 Å². The third kappa shape index (κ3) is 3.58. The molecule has 0 bridgehead atoms. The fourth-order valence-corrected chi connectivity index (χ4v) is 3.22. The number of aromatic nitrogens is 2. The van der Waals surface area contributed by atoms with Crippen molar-refractivity contribution in [1.82, 2.24) is 20.0 Å². The first-order valence-corrected chi connectivity index (χ1v) is 8.09. The molecule has 0 saturated carbocycles. The summed E-state index contributed by atoms with van der Waals surface area (Å²) in [6.45, 7) is 13.1. The smallest absolute Gasteiger partial charge is 0.0739 e. The highest BCUT2D eigenvalue weighted by atomic mass is 79.9. The van der Waals surface area contributed by atoms with Crippen LogP contribution in [0.5, 0.6) is 0 Å². The second kappa shape index (κ2) is 6.86. The van der Waals surface area contributed by atoms with E-state index in [2.05, 4.69) is 56.7 Å². The topological polar surface area (TPSA) is 33.1 Å². The van der Waals surface area contributed by atoms with E-state index in [1.807, 2.05) is 0 Å². The molecule has 5 heteroatoms. The van der Waals surface area contributed by atoms with Gasteiger partial charge in [0.25, 0.3) is 0 Å². The summed E-state index contributed by atoms with van der Waals surface area (Å²) in [6, 6.07) is 0. The third-order valence-electron chi connectivity index (χ3n) is 4.00. The fraction of sp³-hybridized carbons (Fsp3) is 0.786. The van der Waals surface area contributed by atoms with Gasteiger partial charge in [0.15, 0.2) is 0 Å². The lowest BCUT2D eigenvalue weighted by atomic mass is 10.1. The average molecular weight is 329 g/mol. The Kier molecular flexibility index (Phi) is 5.42. The van der Waals surface area contributed by atoms with Gasteiger partial charge in [-0.1, -0.05) is 6.92 Å². The predicted octanol–water partition coefficient (Wildman–Crippen LogP) is 2.41. The molecular formula is C14H25BrN4. The van der Waals surface area contributed by atoms with E-state index in [1.54, 1.807) is 0 Å². The maximum absolute atomic E-state index is 4.53. The predicted molar refractivity (Wildman–Crippen MR) is 82.3 cm³/mol. The molecule has 2 heterocycles. The molecule has 1 aromatic heterocycles. The highest BCUT2D eigenvalue weighted by molar-refractivity contribution is 9.10. The summed E-state index contributed by atoms with van der Waals surface area (Å²) in [5, 5.41) is 8.13. The van der Waals surface area contributed by atoms with Crippen molar-refractivity contribution in [1.29, 1.82) is 0 Å². The second-order valence-corrected chi connectivity index (χ2v) is 6.13. The number of likely N-dealkylation sites (tertiary alicyclic amines) is 1. The van der Waals surface area contributed by atoms with Crippen LogP contribution in [0.1, 0.15) is 31.7 Å². The Morgan fingerprint density at radius 3 is 2.79 bits per heavy atom. The molecule has 1 saturated heterocycles. The summed E-state index contributed by atoms with van der Waals surface area (Å²) in [6.07, 6.45) is 1.33. The minimum absolute atomic E-state index is 0.804. The molecule has 4 nitrogen and oxygen atoms in total. The molecule has 1 aromatic rings. The number of rotatable bonds is 6. The molecule has 108 valence electrons. The number of nitrogens with zero attached hydrogens (tertiary/aromatic N) is 3. The van der Waals surface area contributed by atoms with Crippen molar-refractivity contribution in [3.63, 3.8) is 0 Å². The van der Waals surface area contributed by atoms with E-state index in [1.165, 1.54) is 31.7 Å². The lowest BCUT2D eigenvalue weighted by molar-refractivity contribution is 0.338. The molecule has 0 radical (unpaired) electrons. The van der Waals surface area contributed by atoms with E-state index in [0.717, 1.165) is 35.7 Å². The monoisotopic (exact) mass is 328 g/mol. The van der Waals surface area contributed by atoms with Gasteiger partial charge in [0, 0.05) is 19.6 Å². The van der Waals surface area contributed by atoms with Gasteiger partial charge in [-0.05, 0) is 61.8 Å². The molecule has 0 aliphatic carbocycles. The van der Waals surface area contributed by atoms with E-state index in [-0.39, 0.29) is 0 Å². The first kappa shape index (κ1) is 15.0. The molecule has 1 aliphatic heterocycles. The van der Waals surface area contributed by atoms with Crippen LogP contribution in [-0.2, 0) is 13.1 Å². The zero-order chi connectivity index (χ0) is 13.8. The van der Waals surface area contributed by atoms with E-state index in [9.17, 15) is 0 Å². The Morgan fingerprint density at radius 2 is 2.16 bits per heavy atom. The van der Waals surface area contributed by atoms with Crippen LogP contribution < -0.4 is 5.32 Å². The summed E-state index contributed by atoms with van der Waals surface area (Å²) in [4.78, 5) is 2.53. The van der Waals surface area contributed by atoms with Crippen LogP contribution in [0.4, 0.5) is 0 Å². The second-order valence-electron chi connectivity index (χ2n) is 5.34. The standard InChI is InChI=1S/C14H25BrN4/c1-4-18-7-6-12(10-18)8-16-9-13-14(15)11(3)17-19(13)5-2/h12,16H,4-10H2,1-3H3. The first-order chi connectivity index (χ1) is 9.15. The minimum atomic E-state index is 0.804. The molecule has 1 aliphatic rings. The van der Waals surface area contributed by atoms with E-state index in [0.29, 0.717) is 0 Å². The zero-order valence-electron chi connectivity index (χ0n) is 12.2. The van der Waals surface area contributed by atoms with Crippen LogP contribution in [0.2, 0.25) is 0 Å². The summed E-state index contributed by atoms with van der Waals surface area (Å²) in [5.41, 5.74) is 2.35. The first-order valence-electron chi connectivity index (χ1n) is 7.30. The average Bonchev–Trinajstić information content (AvgIpc) is 2.98. The lowest BCUT2D eigenvalue weighted by Gasteiger charge is -2.14. The van der Waals surface area contributed by atoms with Gasteiger partial charge in [0.2, 0.25) is 0 Å². The largest absolute Gasteiger partial charge is 0.311 e. The van der Waals surface area contributed by atoms with Crippen LogP contribution in [0, 0.1) is 12.8 Å². The summed E-state index contributed by atoms with van der Waals surface area (Å²) >= 11 is 3.64. The van der Waals surface area contributed by atoms with E-state index < -0.39 is 0 Å². The normalized spacial score (nSPS) is 20.3. The van der Waals surface area contributed by atoms with Crippen LogP contribution in [0.3, 0.4) is 0 Å². The summed E-state index contributed by atoms with van der Waals surface area (Å²) in [5.74, 6) is 0.804. The number of nitrogens with one attached hydrogen (secondary N) is 1. The summed E-state index contributed by atoms with van der Waals surface area (Å²) < 4.78 is 3.24. The molecule has 1 unspecified atom stereocenters. The van der Waals surface area contributed by atoms with Crippen molar-refractivity contribution >= 4 is 15.9 Å². The highest BCUT2D eigenvalue weighted by Crippen LogP contribution is 2.21. The van der Waals surface area contributed by atoms with Gasteiger partial charge >= 0.3 is 0 Å². The fourth-order valence-electron chi connectivity index (χ4n) is 2.80. The van der Waals surface area contributed by atoms with Gasteiger partial charge in [-0.25, -0.2) is 0 Å². The third-order valence-corrected chi connectivity index (χ3v) is 5.03. The van der Waals surface area contributed by atoms with Crippen molar-refractivity contribution in [2.75, 3.05) is 26.2 Å². The Morgan fingerprint density at radius 1 is 1.37 bits per heavy atom. The van der Waals surface area contributed by atoms with Crippen molar-refractivity contribution in [3.05, 3.63) is 15.9 Å². The quantitative estimate of drug-likeness (QED) is 0.870. The van der Waals surface area contributed by atoms with Crippen molar-refractivity contribution in [3.8, 4) is 0 Å². The van der Waals surface area contributed by atoms with Crippen molar-refractivity contribution in [2.45, 2.75) is 40.3 Å². The maximum Gasteiger partial charge on any atom is 0.0739 e. The number of halogens is 1. The van der Waals surface area contributed by atoms with Crippen LogP contribution in [0.15, 0.2) is 4.47 Å². The molecule has 1 atom stereocenters. The summed E-state index contributed by atoms with van der Waals surface area (Å²) in [7, 11) is 0. The maximum atomic E-state index is 4.53. The molecule has 1 N–H and O–H groups in total. The van der Waals surface area contributed by atoms with E-state index >= 15 is 0 Å². The lowest BCUT2D eigenvalue weighted by Crippen LogP contribution is -2.27. The minimum Gasteiger partial charge on any atom is -0.311 e. The molecular weight excluding hydrogens is 304 g/mol. The van der Waals surface area contributed by atoms with Crippen LogP contribution in [0.25, 0.3) is 0 Å². The molecule has 0 aromatic carbocycles. The number of aryl methyl sites for hydroxylation is 2. The Balaban J connectivity index is 1.83. The number of hydrogen-bond acceptors (Lipinski definition) is 3. The SMILES string of the molecule is CCN1CCC(CNCc2c(Br)c(C)nn2CC)C1. The molecule has 0 amide bonds. The van der Waals surface area contributed by atoms with Crippen molar-refractivity contribution < 1.29 is 0 Å². The Hall–Kier alpha value is -0.390. The van der Waals surface area contributed by atoms with Gasteiger partial charge in [-0.15, -0.1) is 0 Å². The number of hydrogen-bond donors (Lipinski definition) is 1. The molecule has 2 rings (SSSR count). The Bertz CT molecular complexity index is 416. The van der Waals surface area contributed by atoms with Gasteiger partial charge in [-0.3, -0.25) is 4.68 Å². The van der Waals surface area contributed by atoms with Crippen molar-refractivity contribution in [2.24, 2.45) is 5.92 Å². The van der Waals surface area contributed by atoms with Gasteiger partial charge in [0.1, 0.15) is 0 Å².